The van der Waals surface area contributed by atoms with Gasteiger partial charge in [-0.15, -0.1) is 0 Å². The first-order chi connectivity index (χ1) is 17.5. The zero-order valence-electron chi connectivity index (χ0n) is 19.3. The van der Waals surface area contributed by atoms with Gasteiger partial charge in [-0.25, -0.2) is 4.98 Å². The zero-order chi connectivity index (χ0) is 25.0. The highest BCUT2D eigenvalue weighted by Crippen LogP contribution is 2.44. The Morgan fingerprint density at radius 1 is 1.14 bits per heavy atom. The summed E-state index contributed by atoms with van der Waals surface area (Å²) in [6.07, 6.45) is 1.57. The van der Waals surface area contributed by atoms with Crippen molar-refractivity contribution in [3.8, 4) is 5.75 Å². The molecule has 2 aromatic carbocycles. The van der Waals surface area contributed by atoms with Crippen LogP contribution in [0.3, 0.4) is 0 Å². The van der Waals surface area contributed by atoms with E-state index in [1.54, 1.807) is 49.7 Å². The van der Waals surface area contributed by atoms with E-state index in [0.717, 1.165) is 15.6 Å². The Labute approximate surface area is 209 Å². The molecule has 4 heterocycles. The van der Waals surface area contributed by atoms with Gasteiger partial charge in [-0.3, -0.25) is 19.5 Å². The number of hydrogen-bond acceptors (Lipinski definition) is 8. The number of fused-ring (bicyclic) bond motifs is 2. The number of nitrogens with zero attached hydrogens (tertiary/aromatic N) is 3. The van der Waals surface area contributed by atoms with Crippen LogP contribution in [-0.4, -0.2) is 33.9 Å². The standard InChI is InChI=1S/C27H19N3O5S/c1-14-11-17-21(13-19(14)34-2)36-27(29-17)30-23(16-8-5-6-10-28-16)22(25(32)26(30)33)24(31)20-12-15-7-3-4-9-18(15)35-20/h3-13,23,32H,1-2H3. The monoisotopic (exact) mass is 497 g/mol. The lowest BCUT2D eigenvalue weighted by atomic mass is 9.98. The van der Waals surface area contributed by atoms with Crippen LogP contribution in [0.5, 0.6) is 5.75 Å². The van der Waals surface area contributed by atoms with E-state index in [1.807, 2.05) is 31.2 Å². The minimum atomic E-state index is -0.983. The molecule has 0 saturated heterocycles. The minimum Gasteiger partial charge on any atom is -0.503 e. The summed E-state index contributed by atoms with van der Waals surface area (Å²) < 4.78 is 12.0. The predicted molar refractivity (Wildman–Crippen MR) is 136 cm³/mol. The Bertz CT molecular complexity index is 1670. The summed E-state index contributed by atoms with van der Waals surface area (Å²) in [6, 6.07) is 16.8. The number of methoxy groups -OCH3 is 1. The number of rotatable bonds is 5. The van der Waals surface area contributed by atoms with Gasteiger partial charge in [0.15, 0.2) is 16.7 Å². The van der Waals surface area contributed by atoms with Crippen molar-refractivity contribution in [2.24, 2.45) is 0 Å². The fourth-order valence-corrected chi connectivity index (χ4v) is 5.45. The van der Waals surface area contributed by atoms with E-state index in [-0.39, 0.29) is 11.3 Å². The van der Waals surface area contributed by atoms with Crippen LogP contribution in [-0.2, 0) is 4.79 Å². The number of aliphatic hydroxyl groups excluding tert-OH is 1. The number of hydrogen-bond donors (Lipinski definition) is 1. The quantitative estimate of drug-likeness (QED) is 0.318. The Morgan fingerprint density at radius 3 is 2.69 bits per heavy atom. The molecule has 6 rings (SSSR count). The maximum absolute atomic E-state index is 13.7. The highest BCUT2D eigenvalue weighted by Gasteiger charge is 2.47. The number of aryl methyl sites for hydroxylation is 1. The van der Waals surface area contributed by atoms with Crippen LogP contribution >= 0.6 is 11.3 Å². The molecule has 1 atom stereocenters. The highest BCUT2D eigenvalue weighted by atomic mass is 32.1. The molecule has 178 valence electrons. The molecular weight excluding hydrogens is 478 g/mol. The molecule has 3 aromatic heterocycles. The lowest BCUT2D eigenvalue weighted by molar-refractivity contribution is -0.117. The van der Waals surface area contributed by atoms with E-state index in [2.05, 4.69) is 9.97 Å². The van der Waals surface area contributed by atoms with Crippen LogP contribution in [0.1, 0.15) is 27.9 Å². The molecule has 0 fully saturated rings. The van der Waals surface area contributed by atoms with E-state index < -0.39 is 23.5 Å². The number of furan rings is 1. The molecule has 0 saturated carbocycles. The van der Waals surface area contributed by atoms with E-state index in [1.165, 1.54) is 16.2 Å². The Balaban J connectivity index is 1.50. The van der Waals surface area contributed by atoms with Gasteiger partial charge in [0, 0.05) is 11.6 Å². The first-order valence-corrected chi connectivity index (χ1v) is 11.9. The fourth-order valence-electron chi connectivity index (χ4n) is 4.45. The molecule has 1 N–H and O–H groups in total. The van der Waals surface area contributed by atoms with Crippen molar-refractivity contribution in [3.63, 3.8) is 0 Å². The largest absolute Gasteiger partial charge is 0.503 e. The topological polar surface area (TPSA) is 106 Å². The van der Waals surface area contributed by atoms with Crippen LogP contribution in [0.25, 0.3) is 21.2 Å². The third-order valence-electron chi connectivity index (χ3n) is 6.17. The second-order valence-corrected chi connectivity index (χ2v) is 9.37. The second kappa shape index (κ2) is 8.31. The van der Waals surface area contributed by atoms with Crippen LogP contribution in [0.15, 0.2) is 82.6 Å². The van der Waals surface area contributed by atoms with Gasteiger partial charge in [-0.05, 0) is 48.9 Å². The SMILES string of the molecule is COc1cc2sc(N3C(=O)C(O)=C(C(=O)c4cc5ccccc5o4)C3c3ccccn3)nc2cc1C. The molecule has 0 aliphatic carbocycles. The van der Waals surface area contributed by atoms with Crippen LogP contribution in [0.4, 0.5) is 5.13 Å². The van der Waals surface area contributed by atoms with Crippen molar-refractivity contribution in [2.45, 2.75) is 13.0 Å². The third-order valence-corrected chi connectivity index (χ3v) is 7.19. The number of para-hydroxylation sites is 1. The van der Waals surface area contributed by atoms with Gasteiger partial charge in [0.05, 0.1) is 28.6 Å². The van der Waals surface area contributed by atoms with Gasteiger partial charge in [-0.1, -0.05) is 35.6 Å². The first kappa shape index (κ1) is 22.0. The number of aromatic nitrogens is 2. The van der Waals surface area contributed by atoms with E-state index in [4.69, 9.17) is 9.15 Å². The molecule has 0 spiro atoms. The Hall–Kier alpha value is -4.50. The number of carbonyl (C=O) groups is 2. The number of carbonyl (C=O) groups excluding carboxylic acids is 2. The molecule has 1 unspecified atom stereocenters. The van der Waals surface area contributed by atoms with Crippen LogP contribution in [0, 0.1) is 6.92 Å². The number of Topliss-reactive ketones (excluding diaryl/α,β-unsaturated/α-hetero) is 1. The smallest absolute Gasteiger partial charge is 0.296 e. The van der Waals surface area contributed by atoms with Gasteiger partial charge >= 0.3 is 0 Å². The van der Waals surface area contributed by atoms with Gasteiger partial charge < -0.3 is 14.3 Å². The van der Waals surface area contributed by atoms with Crippen molar-refractivity contribution in [1.29, 1.82) is 0 Å². The number of aliphatic hydroxyl groups is 1. The number of anilines is 1. The van der Waals surface area contributed by atoms with E-state index >= 15 is 0 Å². The summed E-state index contributed by atoms with van der Waals surface area (Å²) in [5.41, 5.74) is 2.43. The number of ether oxygens (including phenoxy) is 1. The molecule has 1 aliphatic rings. The summed E-state index contributed by atoms with van der Waals surface area (Å²) in [4.78, 5) is 37.5. The molecule has 0 radical (unpaired) electrons. The number of benzene rings is 2. The molecule has 9 heteroatoms. The van der Waals surface area contributed by atoms with Crippen molar-refractivity contribution in [1.82, 2.24) is 9.97 Å². The normalized spacial score (nSPS) is 15.9. The van der Waals surface area contributed by atoms with Crippen molar-refractivity contribution in [2.75, 3.05) is 12.0 Å². The average Bonchev–Trinajstić information content (AvgIpc) is 3.57. The molecule has 1 aliphatic heterocycles. The first-order valence-electron chi connectivity index (χ1n) is 11.1. The molecular formula is C27H19N3O5S. The van der Waals surface area contributed by atoms with Crippen LogP contribution < -0.4 is 9.64 Å². The third kappa shape index (κ3) is 3.36. The molecule has 1 amide bonds. The van der Waals surface area contributed by atoms with Crippen molar-refractivity contribution in [3.05, 3.63) is 95.2 Å². The minimum absolute atomic E-state index is 0.0259. The van der Waals surface area contributed by atoms with Gasteiger partial charge in [0.2, 0.25) is 5.78 Å². The Morgan fingerprint density at radius 2 is 1.94 bits per heavy atom. The summed E-state index contributed by atoms with van der Waals surface area (Å²) in [7, 11) is 1.59. The highest BCUT2D eigenvalue weighted by molar-refractivity contribution is 7.22. The van der Waals surface area contributed by atoms with Gasteiger partial charge in [0.1, 0.15) is 17.4 Å². The Kier molecular flexibility index (Phi) is 5.08. The lowest BCUT2D eigenvalue weighted by Gasteiger charge is -2.23. The number of pyridine rings is 1. The second-order valence-electron chi connectivity index (χ2n) is 8.36. The maximum Gasteiger partial charge on any atom is 0.296 e. The zero-order valence-corrected chi connectivity index (χ0v) is 20.1. The van der Waals surface area contributed by atoms with E-state index in [0.29, 0.717) is 27.7 Å². The van der Waals surface area contributed by atoms with Gasteiger partial charge in [0.25, 0.3) is 5.91 Å². The van der Waals surface area contributed by atoms with Crippen molar-refractivity contribution < 1.29 is 23.8 Å². The summed E-state index contributed by atoms with van der Waals surface area (Å²) in [5, 5.41) is 12.1. The molecule has 36 heavy (non-hydrogen) atoms. The molecule has 8 nitrogen and oxygen atoms in total. The molecule has 5 aromatic rings. The average molecular weight is 498 g/mol. The number of amides is 1. The molecule has 0 bridgehead atoms. The number of thiazole rings is 1. The predicted octanol–water partition coefficient (Wildman–Crippen LogP) is 5.54. The van der Waals surface area contributed by atoms with Crippen molar-refractivity contribution >= 4 is 49.3 Å². The maximum atomic E-state index is 13.7. The number of ketones is 1. The fraction of sp³-hybridized carbons (Fsp3) is 0.111. The van der Waals surface area contributed by atoms with E-state index in [9.17, 15) is 14.7 Å². The summed E-state index contributed by atoms with van der Waals surface area (Å²) in [5.74, 6) is -1.24. The van der Waals surface area contributed by atoms with Gasteiger partial charge in [-0.2, -0.15) is 0 Å². The lowest BCUT2D eigenvalue weighted by Crippen LogP contribution is -2.31. The summed E-state index contributed by atoms with van der Waals surface area (Å²) >= 11 is 1.26. The van der Waals surface area contributed by atoms with Crippen LogP contribution in [0.2, 0.25) is 0 Å². The summed E-state index contributed by atoms with van der Waals surface area (Å²) in [6.45, 7) is 1.91.